The number of allylic oxidation sites excluding steroid dienone is 2. The van der Waals surface area contributed by atoms with E-state index < -0.39 is 18.2 Å². The van der Waals surface area contributed by atoms with Crippen LogP contribution in [0.1, 0.15) is 85.5 Å². The lowest BCUT2D eigenvalue weighted by Gasteiger charge is -2.27. The zero-order valence-electron chi connectivity index (χ0n) is 18.7. The quantitative estimate of drug-likeness (QED) is 0.298. The number of hydrogen-bond donors (Lipinski definition) is 3. The first kappa shape index (κ1) is 25.9. The number of hydrogen-bond acceptors (Lipinski definition) is 4. The van der Waals surface area contributed by atoms with Crippen molar-refractivity contribution in [3.63, 3.8) is 0 Å². The van der Waals surface area contributed by atoms with Gasteiger partial charge in [0, 0.05) is 18.8 Å². The molecule has 0 amide bonds. The highest BCUT2D eigenvalue weighted by atomic mass is 16.5. The van der Waals surface area contributed by atoms with Crippen molar-refractivity contribution in [2.45, 2.75) is 109 Å². The van der Waals surface area contributed by atoms with Gasteiger partial charge in [-0.1, -0.05) is 50.5 Å². The molecule has 0 saturated heterocycles. The summed E-state index contributed by atoms with van der Waals surface area (Å²) in [4.78, 5) is 10.6. The lowest BCUT2D eigenvalue weighted by molar-refractivity contribution is -0.137. The Labute approximate surface area is 176 Å². The van der Waals surface area contributed by atoms with Gasteiger partial charge in [0.1, 0.15) is 0 Å². The van der Waals surface area contributed by atoms with Crippen LogP contribution in [0.25, 0.3) is 0 Å². The lowest BCUT2D eigenvalue weighted by atomic mass is 9.89. The van der Waals surface area contributed by atoms with Crippen LogP contribution < -0.4 is 0 Å². The third-order valence-electron chi connectivity index (χ3n) is 5.40. The van der Waals surface area contributed by atoms with E-state index in [4.69, 9.17) is 9.84 Å². The summed E-state index contributed by atoms with van der Waals surface area (Å²) in [6.45, 7) is 8.35. The number of aliphatic hydroxyl groups excluding tert-OH is 2. The second-order valence-electron chi connectivity index (χ2n) is 9.25. The Bertz CT molecular complexity index is 520. The van der Waals surface area contributed by atoms with E-state index in [1.807, 2.05) is 18.2 Å². The fourth-order valence-corrected chi connectivity index (χ4v) is 3.95. The third kappa shape index (κ3) is 11.0. The molecule has 0 aromatic rings. The molecule has 1 fully saturated rings. The Hall–Kier alpha value is -1.17. The number of rotatable bonds is 13. The first-order valence-corrected chi connectivity index (χ1v) is 11.2. The zero-order chi connectivity index (χ0) is 21.9. The minimum absolute atomic E-state index is 0.0127. The summed E-state index contributed by atoms with van der Waals surface area (Å²) in [5, 5.41) is 29.5. The van der Waals surface area contributed by atoms with Gasteiger partial charge in [0.2, 0.25) is 0 Å². The van der Waals surface area contributed by atoms with E-state index in [1.165, 1.54) is 12.8 Å². The number of carbonyl (C=O) groups is 1. The maximum Gasteiger partial charge on any atom is 0.303 e. The summed E-state index contributed by atoms with van der Waals surface area (Å²) in [5.74, 6) is -0.891. The van der Waals surface area contributed by atoms with Gasteiger partial charge in [-0.05, 0) is 52.4 Å². The summed E-state index contributed by atoms with van der Waals surface area (Å²) in [7, 11) is 0. The third-order valence-corrected chi connectivity index (χ3v) is 5.40. The molecule has 0 aliphatic heterocycles. The van der Waals surface area contributed by atoms with E-state index in [2.05, 4.69) is 33.8 Å². The van der Waals surface area contributed by atoms with Crippen LogP contribution in [0, 0.1) is 11.8 Å². The van der Waals surface area contributed by atoms with Crippen molar-refractivity contribution < 1.29 is 24.9 Å². The van der Waals surface area contributed by atoms with Gasteiger partial charge in [-0.25, -0.2) is 0 Å². The van der Waals surface area contributed by atoms with Gasteiger partial charge in [-0.3, -0.25) is 4.79 Å². The van der Waals surface area contributed by atoms with Crippen molar-refractivity contribution in [2.75, 3.05) is 0 Å². The molecule has 168 valence electrons. The monoisotopic (exact) mass is 410 g/mol. The number of carboxylic acids is 1. The van der Waals surface area contributed by atoms with E-state index >= 15 is 0 Å². The van der Waals surface area contributed by atoms with Crippen LogP contribution in [-0.4, -0.2) is 45.2 Å². The molecular formula is C24H42O5. The number of aliphatic hydroxyl groups is 2. The molecule has 5 nitrogen and oxygen atoms in total. The van der Waals surface area contributed by atoms with E-state index in [0.717, 1.165) is 19.3 Å². The Kier molecular flexibility index (Phi) is 11.8. The molecule has 0 aromatic heterocycles. The molecule has 0 aromatic carbocycles. The topological polar surface area (TPSA) is 87.0 Å². The molecule has 5 heteroatoms. The molecule has 5 atom stereocenters. The number of ether oxygens (including phenoxy) is 1. The first-order valence-electron chi connectivity index (χ1n) is 11.2. The van der Waals surface area contributed by atoms with Crippen molar-refractivity contribution in [1.29, 1.82) is 0 Å². The zero-order valence-corrected chi connectivity index (χ0v) is 18.7. The van der Waals surface area contributed by atoms with Crippen LogP contribution in [0.5, 0.6) is 0 Å². The van der Waals surface area contributed by atoms with E-state index in [-0.39, 0.29) is 30.0 Å². The van der Waals surface area contributed by atoms with E-state index in [9.17, 15) is 15.0 Å². The molecule has 1 saturated carbocycles. The van der Waals surface area contributed by atoms with E-state index in [0.29, 0.717) is 19.3 Å². The second-order valence-corrected chi connectivity index (χ2v) is 9.25. The van der Waals surface area contributed by atoms with Crippen molar-refractivity contribution >= 4 is 5.97 Å². The lowest BCUT2D eigenvalue weighted by Crippen LogP contribution is -2.27. The van der Waals surface area contributed by atoms with Crippen LogP contribution in [0.2, 0.25) is 0 Å². The molecule has 1 rings (SSSR count). The average molecular weight is 411 g/mol. The molecule has 3 N–H and O–H groups in total. The molecule has 0 radical (unpaired) electrons. The Balaban J connectivity index is 2.68. The van der Waals surface area contributed by atoms with Gasteiger partial charge in [0.25, 0.3) is 0 Å². The summed E-state index contributed by atoms with van der Waals surface area (Å²) < 4.78 is 6.19. The molecule has 0 spiro atoms. The van der Waals surface area contributed by atoms with Crippen LogP contribution in [0.4, 0.5) is 0 Å². The highest BCUT2D eigenvalue weighted by molar-refractivity contribution is 5.66. The molecule has 1 aliphatic rings. The maximum atomic E-state index is 10.6. The van der Waals surface area contributed by atoms with Gasteiger partial charge in [-0.15, -0.1) is 0 Å². The van der Waals surface area contributed by atoms with Gasteiger partial charge in [-0.2, -0.15) is 0 Å². The predicted octanol–water partition coefficient (Wildman–Crippen LogP) is 4.87. The highest BCUT2D eigenvalue weighted by Gasteiger charge is 2.39. The van der Waals surface area contributed by atoms with Crippen LogP contribution >= 0.6 is 0 Å². The fourth-order valence-electron chi connectivity index (χ4n) is 3.95. The molecule has 0 bridgehead atoms. The van der Waals surface area contributed by atoms with Gasteiger partial charge in [0.05, 0.1) is 23.9 Å². The van der Waals surface area contributed by atoms with Crippen LogP contribution in [0.15, 0.2) is 24.3 Å². The normalized spacial score (nSPS) is 26.6. The smallest absolute Gasteiger partial charge is 0.303 e. The minimum Gasteiger partial charge on any atom is -0.481 e. The SMILES string of the molecule is CCCCC[C@@H](/C=C/[C@@H]1[C@@H](C/C=C\CCCC(=O)O)[C@@H](O)C[C@H]1O)OC(C)(C)C. The molecular weight excluding hydrogens is 368 g/mol. The Morgan fingerprint density at radius 2 is 1.86 bits per heavy atom. The largest absolute Gasteiger partial charge is 0.481 e. The summed E-state index contributed by atoms with van der Waals surface area (Å²) in [6, 6.07) is 0. The summed E-state index contributed by atoms with van der Waals surface area (Å²) in [5.41, 5.74) is -0.229. The Morgan fingerprint density at radius 1 is 1.14 bits per heavy atom. The van der Waals surface area contributed by atoms with Crippen molar-refractivity contribution in [2.24, 2.45) is 11.8 Å². The molecule has 0 unspecified atom stereocenters. The number of unbranched alkanes of at least 4 members (excludes halogenated alkanes) is 3. The summed E-state index contributed by atoms with van der Waals surface area (Å²) >= 11 is 0. The van der Waals surface area contributed by atoms with E-state index in [1.54, 1.807) is 0 Å². The van der Waals surface area contributed by atoms with Crippen molar-refractivity contribution in [1.82, 2.24) is 0 Å². The fraction of sp³-hybridized carbons (Fsp3) is 0.792. The average Bonchev–Trinajstić information content (AvgIpc) is 2.87. The molecule has 0 heterocycles. The van der Waals surface area contributed by atoms with Crippen molar-refractivity contribution in [3.05, 3.63) is 24.3 Å². The second kappa shape index (κ2) is 13.2. The Morgan fingerprint density at radius 3 is 2.48 bits per heavy atom. The predicted molar refractivity (Wildman–Crippen MR) is 117 cm³/mol. The van der Waals surface area contributed by atoms with Gasteiger partial charge >= 0.3 is 5.97 Å². The molecule has 29 heavy (non-hydrogen) atoms. The summed E-state index contributed by atoms with van der Waals surface area (Å²) in [6.07, 6.45) is 14.1. The first-order chi connectivity index (χ1) is 13.6. The number of carboxylic acid groups (broad SMARTS) is 1. The van der Waals surface area contributed by atoms with Gasteiger partial charge < -0.3 is 20.1 Å². The van der Waals surface area contributed by atoms with Crippen molar-refractivity contribution in [3.8, 4) is 0 Å². The standard InChI is InChI=1S/C24H42O5/c1-5-6-9-12-18(29-24(2,3)4)15-16-20-19(21(25)17-22(20)26)13-10-7-8-11-14-23(27)28/h7,10,15-16,18-22,25-26H,5-6,8-9,11-14,17H2,1-4H3,(H,27,28)/b10-7-,16-15+/t18-,19+,20+,21-,22+/m0/s1. The minimum atomic E-state index is -0.774. The van der Waals surface area contributed by atoms with Gasteiger partial charge in [0.15, 0.2) is 0 Å². The highest BCUT2D eigenvalue weighted by Crippen LogP contribution is 2.36. The number of aliphatic carboxylic acids is 1. The van der Waals surface area contributed by atoms with Crippen LogP contribution in [0.3, 0.4) is 0 Å². The maximum absolute atomic E-state index is 10.6. The van der Waals surface area contributed by atoms with Crippen LogP contribution in [-0.2, 0) is 9.53 Å². The molecule has 1 aliphatic carbocycles.